The maximum Gasteiger partial charge on any atom is 0.108 e. The second-order valence-electron chi connectivity index (χ2n) is 8.01. The van der Waals surface area contributed by atoms with E-state index in [4.69, 9.17) is 0 Å². The van der Waals surface area contributed by atoms with Crippen LogP contribution in [-0.4, -0.2) is 17.8 Å². The van der Waals surface area contributed by atoms with Gasteiger partial charge in [0.2, 0.25) is 0 Å². The third-order valence-corrected chi connectivity index (χ3v) is 6.41. The van der Waals surface area contributed by atoms with E-state index in [-0.39, 0.29) is 11.5 Å². The Hall–Kier alpha value is -0.860. The van der Waals surface area contributed by atoms with E-state index in [1.807, 2.05) is 0 Å². The summed E-state index contributed by atoms with van der Waals surface area (Å²) in [6.07, 6.45) is 8.19. The lowest BCUT2D eigenvalue weighted by Gasteiger charge is -2.58. The molecule has 4 aliphatic carbocycles. The van der Waals surface area contributed by atoms with Gasteiger partial charge in [-0.25, -0.2) is 0 Å². The van der Waals surface area contributed by atoms with Crippen LogP contribution in [0.5, 0.6) is 0 Å². The summed E-state index contributed by atoms with van der Waals surface area (Å²) in [5, 5.41) is 13.2. The molecule has 3 N–H and O–H groups in total. The molecule has 1 aromatic rings. The monoisotopic (exact) mass is 286 g/mol. The van der Waals surface area contributed by atoms with Gasteiger partial charge in [-0.05, 0) is 56.3 Å². The van der Waals surface area contributed by atoms with Gasteiger partial charge in [0.05, 0.1) is 0 Å². The zero-order valence-electron chi connectivity index (χ0n) is 12.9. The van der Waals surface area contributed by atoms with Gasteiger partial charge in [-0.15, -0.1) is 0 Å². The van der Waals surface area contributed by atoms with Gasteiger partial charge < -0.3 is 10.4 Å². The lowest BCUT2D eigenvalue weighted by molar-refractivity contribution is -0.679. The van der Waals surface area contributed by atoms with E-state index in [0.717, 1.165) is 30.8 Å². The molecule has 0 saturated heterocycles. The summed E-state index contributed by atoms with van der Waals surface area (Å²) in [4.78, 5) is 0. The molecule has 0 radical (unpaired) electrons. The lowest BCUT2D eigenvalue weighted by Crippen LogP contribution is -2.86. The molecule has 0 aliphatic heterocycles. The topological polar surface area (TPSA) is 36.8 Å². The summed E-state index contributed by atoms with van der Waals surface area (Å²) in [6.45, 7) is 1.87. The fraction of sp³-hybridized carbons (Fsp3) is 0.684. The van der Waals surface area contributed by atoms with Crippen LogP contribution in [0.25, 0.3) is 0 Å². The van der Waals surface area contributed by atoms with Crippen LogP contribution in [0.15, 0.2) is 30.3 Å². The Bertz CT molecular complexity index is 448. The normalized spacial score (nSPS) is 38.6. The molecule has 0 spiro atoms. The number of aliphatic hydroxyl groups excluding tert-OH is 1. The molecule has 0 heterocycles. The third kappa shape index (κ3) is 2.64. The summed E-state index contributed by atoms with van der Waals surface area (Å²) in [6, 6.07) is 10.6. The van der Waals surface area contributed by atoms with Crippen LogP contribution in [0.2, 0.25) is 0 Å². The van der Waals surface area contributed by atoms with Crippen LogP contribution < -0.4 is 5.32 Å². The van der Waals surface area contributed by atoms with Gasteiger partial charge in [0.1, 0.15) is 19.2 Å². The average Bonchev–Trinajstić information content (AvgIpc) is 2.47. The molecule has 5 rings (SSSR count). The Balaban J connectivity index is 1.35. The van der Waals surface area contributed by atoms with Gasteiger partial charge in [-0.1, -0.05) is 30.3 Å². The molecule has 1 aromatic carbocycles. The molecule has 4 saturated carbocycles. The van der Waals surface area contributed by atoms with Gasteiger partial charge in [-0.2, -0.15) is 0 Å². The maximum absolute atomic E-state index is 10.9. The molecule has 1 atom stereocenters. The molecule has 4 fully saturated rings. The van der Waals surface area contributed by atoms with Gasteiger partial charge in [0.15, 0.2) is 0 Å². The Morgan fingerprint density at radius 1 is 1.00 bits per heavy atom. The number of hydrogen-bond donors (Lipinski definition) is 2. The van der Waals surface area contributed by atoms with Crippen molar-refractivity contribution in [1.82, 2.24) is 0 Å². The largest absolute Gasteiger partial charge is 0.387 e. The standard InChI is InChI=1S/C19H27NO/c21-18(13-20-12-14-4-2-1-3-5-14)19-9-15-6-16(10-19)8-17(7-15)11-19/h1-5,15-18,20-21H,6-13H2/p+1/t15?,16?,17?,18-,19?/m1/s1. The van der Waals surface area contributed by atoms with Gasteiger partial charge in [-0.3, -0.25) is 0 Å². The lowest BCUT2D eigenvalue weighted by atomic mass is 9.48. The van der Waals surface area contributed by atoms with E-state index >= 15 is 0 Å². The molecule has 0 aromatic heterocycles. The first-order chi connectivity index (χ1) is 10.2. The van der Waals surface area contributed by atoms with Crippen LogP contribution in [0.3, 0.4) is 0 Å². The minimum atomic E-state index is -0.102. The van der Waals surface area contributed by atoms with Crippen molar-refractivity contribution < 1.29 is 10.4 Å². The van der Waals surface area contributed by atoms with Gasteiger partial charge in [0.25, 0.3) is 0 Å². The number of quaternary nitrogens is 1. The van der Waals surface area contributed by atoms with Crippen molar-refractivity contribution in [3.8, 4) is 0 Å². The van der Waals surface area contributed by atoms with Gasteiger partial charge >= 0.3 is 0 Å². The van der Waals surface area contributed by atoms with Crippen molar-refractivity contribution >= 4 is 0 Å². The average molecular weight is 286 g/mol. The van der Waals surface area contributed by atoms with Crippen molar-refractivity contribution in [3.63, 3.8) is 0 Å². The predicted octanol–water partition coefficient (Wildman–Crippen LogP) is 2.33. The molecule has 4 bridgehead atoms. The molecular formula is C19H28NO+. The van der Waals surface area contributed by atoms with Crippen molar-refractivity contribution in [1.29, 1.82) is 0 Å². The SMILES string of the molecule is O[C@H](C[NH2+]Cc1ccccc1)C12CC3CC(CC(C3)C1)C2. The quantitative estimate of drug-likeness (QED) is 0.856. The fourth-order valence-corrected chi connectivity index (χ4v) is 5.86. The Kier molecular flexibility index (Phi) is 3.55. The Morgan fingerprint density at radius 2 is 1.57 bits per heavy atom. The fourth-order valence-electron chi connectivity index (χ4n) is 5.86. The molecule has 0 amide bonds. The van der Waals surface area contributed by atoms with E-state index in [0.29, 0.717) is 0 Å². The third-order valence-electron chi connectivity index (χ3n) is 6.41. The van der Waals surface area contributed by atoms with E-state index in [9.17, 15) is 5.11 Å². The minimum absolute atomic E-state index is 0.102. The van der Waals surface area contributed by atoms with Crippen LogP contribution in [0, 0.1) is 23.2 Å². The van der Waals surface area contributed by atoms with Crippen molar-refractivity contribution in [3.05, 3.63) is 35.9 Å². The predicted molar refractivity (Wildman–Crippen MR) is 83.6 cm³/mol. The summed E-state index contributed by atoms with van der Waals surface area (Å²) in [5.41, 5.74) is 1.64. The first-order valence-corrected chi connectivity index (χ1v) is 8.77. The summed E-state index contributed by atoms with van der Waals surface area (Å²) >= 11 is 0. The van der Waals surface area contributed by atoms with Gasteiger partial charge in [0, 0.05) is 11.0 Å². The van der Waals surface area contributed by atoms with Crippen molar-refractivity contribution in [2.75, 3.05) is 6.54 Å². The van der Waals surface area contributed by atoms with E-state index in [1.165, 1.54) is 44.1 Å². The summed E-state index contributed by atoms with van der Waals surface area (Å²) in [5.74, 6) is 2.79. The first kappa shape index (κ1) is 13.8. The second-order valence-corrected chi connectivity index (χ2v) is 8.01. The number of hydrogen-bond acceptors (Lipinski definition) is 1. The highest BCUT2D eigenvalue weighted by atomic mass is 16.3. The number of aliphatic hydroxyl groups is 1. The highest BCUT2D eigenvalue weighted by Gasteiger charge is 2.54. The maximum atomic E-state index is 10.9. The Labute approximate surface area is 128 Å². The van der Waals surface area contributed by atoms with Crippen LogP contribution >= 0.6 is 0 Å². The highest BCUT2D eigenvalue weighted by Crippen LogP contribution is 2.61. The number of nitrogens with two attached hydrogens (primary N) is 1. The van der Waals surface area contributed by atoms with Crippen LogP contribution in [0.1, 0.15) is 44.1 Å². The zero-order chi connectivity index (χ0) is 14.3. The number of benzene rings is 1. The Morgan fingerprint density at radius 3 is 2.14 bits per heavy atom. The van der Waals surface area contributed by atoms with Crippen molar-refractivity contribution in [2.24, 2.45) is 23.2 Å². The van der Waals surface area contributed by atoms with E-state index in [2.05, 4.69) is 35.6 Å². The molecule has 21 heavy (non-hydrogen) atoms. The molecule has 114 valence electrons. The van der Waals surface area contributed by atoms with Crippen LogP contribution in [0.4, 0.5) is 0 Å². The second kappa shape index (κ2) is 5.40. The minimum Gasteiger partial charge on any atom is -0.387 e. The smallest absolute Gasteiger partial charge is 0.108 e. The first-order valence-electron chi connectivity index (χ1n) is 8.77. The molecule has 2 heteroatoms. The van der Waals surface area contributed by atoms with E-state index < -0.39 is 0 Å². The zero-order valence-corrected chi connectivity index (χ0v) is 12.9. The molecular weight excluding hydrogens is 258 g/mol. The molecule has 2 nitrogen and oxygen atoms in total. The van der Waals surface area contributed by atoms with Crippen LogP contribution in [-0.2, 0) is 6.54 Å². The highest BCUT2D eigenvalue weighted by molar-refractivity contribution is 5.13. The summed E-state index contributed by atoms with van der Waals surface area (Å²) < 4.78 is 0. The molecule has 4 aliphatic rings. The molecule has 0 unspecified atom stereocenters. The summed E-state index contributed by atoms with van der Waals surface area (Å²) in [7, 11) is 0. The number of rotatable bonds is 5. The van der Waals surface area contributed by atoms with Crippen molar-refractivity contribution in [2.45, 2.75) is 51.2 Å². The van der Waals surface area contributed by atoms with E-state index in [1.54, 1.807) is 0 Å².